The number of anilines is 1. The van der Waals surface area contributed by atoms with Gasteiger partial charge in [0, 0.05) is 6.54 Å². The van der Waals surface area contributed by atoms with Crippen molar-refractivity contribution in [3.05, 3.63) is 120 Å². The number of benzene rings is 4. The number of ether oxygens (including phenoxy) is 1. The second-order valence-electron chi connectivity index (χ2n) is 7.71. The fourth-order valence-electron chi connectivity index (χ4n) is 3.59. The molecular formula is C28H24N2O3S. The molecule has 0 unspecified atom stereocenters. The maximum atomic E-state index is 13.6. The first-order valence-electron chi connectivity index (χ1n) is 11.0. The van der Waals surface area contributed by atoms with E-state index < -0.39 is 10.0 Å². The van der Waals surface area contributed by atoms with E-state index >= 15 is 0 Å². The molecule has 0 atom stereocenters. The smallest absolute Gasteiger partial charge is 0.264 e. The van der Waals surface area contributed by atoms with E-state index in [2.05, 4.69) is 0 Å². The maximum absolute atomic E-state index is 13.6. The van der Waals surface area contributed by atoms with Gasteiger partial charge in [-0.05, 0) is 79.1 Å². The van der Waals surface area contributed by atoms with Crippen LogP contribution in [0.2, 0.25) is 0 Å². The zero-order valence-electron chi connectivity index (χ0n) is 18.5. The van der Waals surface area contributed by atoms with Gasteiger partial charge in [0.15, 0.2) is 0 Å². The van der Waals surface area contributed by atoms with Crippen LogP contribution < -0.4 is 9.04 Å². The van der Waals surface area contributed by atoms with Gasteiger partial charge < -0.3 is 4.74 Å². The first-order valence-corrected chi connectivity index (χ1v) is 12.4. The molecule has 0 saturated carbocycles. The molecule has 0 spiro atoms. The van der Waals surface area contributed by atoms with Gasteiger partial charge in [-0.15, -0.1) is 0 Å². The molecule has 0 aliphatic carbocycles. The Labute approximate surface area is 200 Å². The number of para-hydroxylation sites is 1. The van der Waals surface area contributed by atoms with E-state index in [-0.39, 0.29) is 4.90 Å². The molecule has 4 aromatic carbocycles. The lowest BCUT2D eigenvalue weighted by Crippen LogP contribution is -2.32. The van der Waals surface area contributed by atoms with Gasteiger partial charge in [-0.2, -0.15) is 5.26 Å². The molecule has 0 aliphatic rings. The third-order valence-electron chi connectivity index (χ3n) is 5.34. The van der Waals surface area contributed by atoms with Crippen molar-refractivity contribution in [2.24, 2.45) is 0 Å². The highest BCUT2D eigenvalue weighted by Crippen LogP contribution is 2.28. The van der Waals surface area contributed by atoms with E-state index in [1.165, 1.54) is 28.6 Å². The molecule has 4 rings (SSSR count). The normalized spacial score (nSPS) is 10.9. The van der Waals surface area contributed by atoms with Gasteiger partial charge in [0.25, 0.3) is 10.0 Å². The quantitative estimate of drug-likeness (QED) is 0.294. The van der Waals surface area contributed by atoms with Crippen LogP contribution in [0.3, 0.4) is 0 Å². The molecule has 4 aromatic rings. The highest BCUT2D eigenvalue weighted by Gasteiger charge is 2.25. The SMILES string of the molecule is N#Cc1ccc(S(=O)(=O)N(CCCc2ccccc2)c2ccc(Oc3ccccc3)cc2)cc1. The summed E-state index contributed by atoms with van der Waals surface area (Å²) in [6.07, 6.45) is 1.41. The van der Waals surface area contributed by atoms with Crippen LogP contribution in [0.25, 0.3) is 0 Å². The number of hydrogen-bond acceptors (Lipinski definition) is 4. The van der Waals surface area contributed by atoms with Crippen LogP contribution in [-0.2, 0) is 16.4 Å². The van der Waals surface area contributed by atoms with Gasteiger partial charge in [0.05, 0.1) is 22.2 Å². The van der Waals surface area contributed by atoms with Crippen LogP contribution in [0.15, 0.2) is 114 Å². The molecule has 0 fully saturated rings. The number of rotatable bonds is 9. The second kappa shape index (κ2) is 10.7. The third kappa shape index (κ3) is 5.64. The second-order valence-corrected chi connectivity index (χ2v) is 9.57. The fraction of sp³-hybridized carbons (Fsp3) is 0.107. The molecule has 170 valence electrons. The van der Waals surface area contributed by atoms with E-state index in [9.17, 15) is 8.42 Å². The summed E-state index contributed by atoms with van der Waals surface area (Å²) in [5, 5.41) is 9.05. The van der Waals surface area contributed by atoms with E-state index in [0.29, 0.717) is 35.7 Å². The molecular weight excluding hydrogens is 444 g/mol. The molecule has 0 bridgehead atoms. The van der Waals surface area contributed by atoms with Crippen molar-refractivity contribution in [2.75, 3.05) is 10.8 Å². The Morgan fingerprint density at radius 1 is 0.735 bits per heavy atom. The molecule has 0 amide bonds. The zero-order valence-corrected chi connectivity index (χ0v) is 19.4. The number of nitrogens with zero attached hydrogens (tertiary/aromatic N) is 2. The summed E-state index contributed by atoms with van der Waals surface area (Å²) >= 11 is 0. The third-order valence-corrected chi connectivity index (χ3v) is 7.19. The summed E-state index contributed by atoms with van der Waals surface area (Å²) in [5.41, 5.74) is 2.12. The highest BCUT2D eigenvalue weighted by molar-refractivity contribution is 7.92. The Kier molecular flexibility index (Phi) is 7.26. The van der Waals surface area contributed by atoms with Crippen molar-refractivity contribution in [3.8, 4) is 17.6 Å². The van der Waals surface area contributed by atoms with Crippen molar-refractivity contribution in [1.29, 1.82) is 5.26 Å². The monoisotopic (exact) mass is 468 g/mol. The largest absolute Gasteiger partial charge is 0.457 e. The lowest BCUT2D eigenvalue weighted by Gasteiger charge is -2.25. The van der Waals surface area contributed by atoms with Crippen molar-refractivity contribution in [2.45, 2.75) is 17.7 Å². The van der Waals surface area contributed by atoms with Gasteiger partial charge in [-0.1, -0.05) is 48.5 Å². The van der Waals surface area contributed by atoms with Crippen molar-refractivity contribution >= 4 is 15.7 Å². The molecule has 0 heterocycles. The summed E-state index contributed by atoms with van der Waals surface area (Å²) in [6.45, 7) is 0.316. The van der Waals surface area contributed by atoms with E-state index in [0.717, 1.165) is 12.0 Å². The lowest BCUT2D eigenvalue weighted by atomic mass is 10.1. The summed E-state index contributed by atoms with van der Waals surface area (Å²) in [7, 11) is -3.82. The van der Waals surface area contributed by atoms with Gasteiger partial charge in [0.1, 0.15) is 11.5 Å². The Hall–Kier alpha value is -4.08. The Morgan fingerprint density at radius 3 is 1.94 bits per heavy atom. The summed E-state index contributed by atoms with van der Waals surface area (Å²) in [5.74, 6) is 1.33. The average Bonchev–Trinajstić information content (AvgIpc) is 2.88. The van der Waals surface area contributed by atoms with Crippen LogP contribution in [0.1, 0.15) is 17.5 Å². The van der Waals surface area contributed by atoms with E-state index in [4.69, 9.17) is 10.00 Å². The summed E-state index contributed by atoms with van der Waals surface area (Å²) in [4.78, 5) is 0.149. The van der Waals surface area contributed by atoms with Crippen molar-refractivity contribution in [3.63, 3.8) is 0 Å². The first kappa shape index (κ1) is 23.1. The van der Waals surface area contributed by atoms with Gasteiger partial charge in [-0.25, -0.2) is 8.42 Å². The maximum Gasteiger partial charge on any atom is 0.264 e. The summed E-state index contributed by atoms with van der Waals surface area (Å²) < 4.78 is 34.4. The number of hydrogen-bond donors (Lipinski definition) is 0. The first-order chi connectivity index (χ1) is 16.6. The van der Waals surface area contributed by atoms with Gasteiger partial charge in [0.2, 0.25) is 0 Å². The molecule has 0 aromatic heterocycles. The van der Waals surface area contributed by atoms with Crippen LogP contribution >= 0.6 is 0 Å². The van der Waals surface area contributed by atoms with Gasteiger partial charge in [-0.3, -0.25) is 4.31 Å². The Balaban J connectivity index is 1.59. The predicted molar refractivity (Wildman–Crippen MR) is 133 cm³/mol. The van der Waals surface area contributed by atoms with Crippen LogP contribution in [0, 0.1) is 11.3 Å². The van der Waals surface area contributed by atoms with Crippen LogP contribution in [0.5, 0.6) is 11.5 Å². The van der Waals surface area contributed by atoms with Crippen LogP contribution in [0.4, 0.5) is 5.69 Å². The highest BCUT2D eigenvalue weighted by atomic mass is 32.2. The molecule has 5 nitrogen and oxygen atoms in total. The minimum atomic E-state index is -3.82. The number of nitriles is 1. The predicted octanol–water partition coefficient (Wildman–Crippen LogP) is 6.18. The minimum absolute atomic E-state index is 0.149. The molecule has 6 heteroatoms. The average molecular weight is 469 g/mol. The molecule has 0 radical (unpaired) electrons. The summed E-state index contributed by atoms with van der Waals surface area (Å²) in [6, 6.07) is 34.5. The topological polar surface area (TPSA) is 70.4 Å². The molecule has 0 N–H and O–H groups in total. The zero-order chi connectivity index (χ0) is 23.8. The van der Waals surface area contributed by atoms with Crippen molar-refractivity contribution < 1.29 is 13.2 Å². The Bertz CT molecular complexity index is 1350. The number of aryl methyl sites for hydroxylation is 1. The minimum Gasteiger partial charge on any atom is -0.457 e. The fourth-order valence-corrected chi connectivity index (χ4v) is 5.10. The van der Waals surface area contributed by atoms with Gasteiger partial charge >= 0.3 is 0 Å². The van der Waals surface area contributed by atoms with Crippen molar-refractivity contribution in [1.82, 2.24) is 0 Å². The van der Waals surface area contributed by atoms with E-state index in [1.807, 2.05) is 66.7 Å². The lowest BCUT2D eigenvalue weighted by molar-refractivity contribution is 0.482. The molecule has 0 aliphatic heterocycles. The molecule has 0 saturated heterocycles. The standard InChI is InChI=1S/C28H24N2O3S/c29-22-24-13-19-28(20-14-24)34(31,32)30(21-7-10-23-8-3-1-4-9-23)25-15-17-27(18-16-25)33-26-11-5-2-6-12-26/h1-6,8-9,11-20H,7,10,21H2. The molecule has 34 heavy (non-hydrogen) atoms. The number of sulfonamides is 1. The van der Waals surface area contributed by atoms with Crippen LogP contribution in [-0.4, -0.2) is 15.0 Å². The Morgan fingerprint density at radius 2 is 1.32 bits per heavy atom. The van der Waals surface area contributed by atoms with E-state index in [1.54, 1.807) is 24.3 Å².